The van der Waals surface area contributed by atoms with Crippen LogP contribution in [0.3, 0.4) is 0 Å². The number of hydrogen-bond acceptors (Lipinski definition) is 4. The maximum absolute atomic E-state index is 12.6. The summed E-state index contributed by atoms with van der Waals surface area (Å²) in [7, 11) is 0. The Kier molecular flexibility index (Phi) is 4.32. The molecule has 0 aliphatic heterocycles. The summed E-state index contributed by atoms with van der Waals surface area (Å²) in [6.07, 6.45) is 8.36. The number of hydrogen-bond donors (Lipinski definition) is 2. The second-order valence-corrected chi connectivity index (χ2v) is 6.84. The van der Waals surface area contributed by atoms with E-state index in [1.165, 1.54) is 0 Å². The normalized spacial score (nSPS) is 30.2. The lowest BCUT2D eigenvalue weighted by Crippen LogP contribution is -2.47. The van der Waals surface area contributed by atoms with Gasteiger partial charge in [-0.15, -0.1) is 0 Å². The predicted octanol–water partition coefficient (Wildman–Crippen LogP) is 1.81. The van der Waals surface area contributed by atoms with Gasteiger partial charge in [0.1, 0.15) is 11.4 Å². The number of Topliss-reactive ketones (excluding diaryl/α,β-unsaturated/α-hetero) is 2. The van der Waals surface area contributed by atoms with E-state index in [0.29, 0.717) is 0 Å². The van der Waals surface area contributed by atoms with Crippen LogP contribution in [0.4, 0.5) is 0 Å². The van der Waals surface area contributed by atoms with Gasteiger partial charge < -0.3 is 11.1 Å². The molecule has 2 saturated carbocycles. The van der Waals surface area contributed by atoms with Gasteiger partial charge in [-0.3, -0.25) is 14.4 Å². The topological polar surface area (TPSA) is 89.3 Å². The Morgan fingerprint density at radius 1 is 0.864 bits per heavy atom. The van der Waals surface area contributed by atoms with Crippen LogP contribution >= 0.6 is 0 Å². The minimum absolute atomic E-state index is 0.0303. The smallest absolute Gasteiger partial charge is 0.227 e. The van der Waals surface area contributed by atoms with E-state index in [2.05, 4.69) is 5.32 Å². The lowest BCUT2D eigenvalue weighted by Gasteiger charge is -2.34. The highest BCUT2D eigenvalue weighted by Crippen LogP contribution is 2.37. The molecule has 3 aliphatic rings. The second kappa shape index (κ2) is 6.23. The lowest BCUT2D eigenvalue weighted by atomic mass is 9.70. The van der Waals surface area contributed by atoms with E-state index in [4.69, 9.17) is 5.73 Å². The van der Waals surface area contributed by atoms with Crippen molar-refractivity contribution in [3.63, 3.8) is 0 Å². The van der Waals surface area contributed by atoms with Crippen LogP contribution in [0.25, 0.3) is 0 Å². The predicted molar refractivity (Wildman–Crippen MR) is 81.4 cm³/mol. The number of fused-ring (bicyclic) bond motifs is 1. The summed E-state index contributed by atoms with van der Waals surface area (Å²) in [5.74, 6) is -1.03. The van der Waals surface area contributed by atoms with Gasteiger partial charge in [-0.1, -0.05) is 32.1 Å². The van der Waals surface area contributed by atoms with Gasteiger partial charge in [-0.2, -0.15) is 0 Å². The Balaban J connectivity index is 1.78. The first kappa shape index (κ1) is 15.3. The van der Waals surface area contributed by atoms with Crippen molar-refractivity contribution < 1.29 is 14.4 Å². The molecule has 0 aromatic rings. The molecule has 0 saturated heterocycles. The molecule has 1 amide bonds. The van der Waals surface area contributed by atoms with E-state index < -0.39 is 0 Å². The zero-order valence-electron chi connectivity index (χ0n) is 12.9. The minimum Gasteiger partial charge on any atom is -0.394 e. The summed E-state index contributed by atoms with van der Waals surface area (Å²) in [4.78, 5) is 37.4. The Morgan fingerprint density at radius 3 is 2.05 bits per heavy atom. The highest BCUT2D eigenvalue weighted by atomic mass is 16.2. The van der Waals surface area contributed by atoms with Crippen molar-refractivity contribution in [2.75, 3.05) is 0 Å². The number of nitrogens with two attached hydrogens (primary N) is 1. The summed E-state index contributed by atoms with van der Waals surface area (Å²) >= 11 is 0. The third-order valence-electron chi connectivity index (χ3n) is 5.44. The molecule has 2 fully saturated rings. The monoisotopic (exact) mass is 304 g/mol. The summed E-state index contributed by atoms with van der Waals surface area (Å²) in [6, 6.07) is 0. The van der Waals surface area contributed by atoms with Gasteiger partial charge in [-0.25, -0.2) is 0 Å². The van der Waals surface area contributed by atoms with Crippen LogP contribution in [0.1, 0.15) is 57.8 Å². The minimum atomic E-state index is -0.282. The fourth-order valence-corrected chi connectivity index (χ4v) is 4.12. The quantitative estimate of drug-likeness (QED) is 0.814. The second-order valence-electron chi connectivity index (χ2n) is 6.84. The molecule has 5 heteroatoms. The van der Waals surface area contributed by atoms with Crippen molar-refractivity contribution in [3.8, 4) is 0 Å². The summed E-state index contributed by atoms with van der Waals surface area (Å²) in [5.41, 5.74) is 5.93. The molecular formula is C17H24N2O3. The van der Waals surface area contributed by atoms with Crippen LogP contribution in [-0.4, -0.2) is 17.5 Å². The molecule has 22 heavy (non-hydrogen) atoms. The molecule has 0 bridgehead atoms. The van der Waals surface area contributed by atoms with Crippen LogP contribution in [-0.2, 0) is 14.4 Å². The zero-order chi connectivity index (χ0) is 15.7. The van der Waals surface area contributed by atoms with Crippen molar-refractivity contribution in [3.05, 3.63) is 11.4 Å². The van der Waals surface area contributed by atoms with Gasteiger partial charge >= 0.3 is 0 Å². The van der Waals surface area contributed by atoms with E-state index in [-0.39, 0.29) is 46.6 Å². The van der Waals surface area contributed by atoms with Crippen molar-refractivity contribution in [1.29, 1.82) is 0 Å². The number of allylic oxidation sites excluding steroid dienone is 2. The molecule has 3 rings (SSSR count). The highest BCUT2D eigenvalue weighted by Gasteiger charge is 2.44. The fourth-order valence-electron chi connectivity index (χ4n) is 4.12. The zero-order valence-corrected chi connectivity index (χ0v) is 12.9. The molecular weight excluding hydrogens is 280 g/mol. The Labute approximate surface area is 130 Å². The first-order valence-corrected chi connectivity index (χ1v) is 8.48. The molecule has 0 aromatic heterocycles. The molecule has 3 N–H and O–H groups in total. The molecule has 0 radical (unpaired) electrons. The van der Waals surface area contributed by atoms with Gasteiger partial charge in [0, 0.05) is 17.8 Å². The van der Waals surface area contributed by atoms with Gasteiger partial charge in [-0.05, 0) is 25.7 Å². The van der Waals surface area contributed by atoms with Crippen molar-refractivity contribution >= 4 is 17.5 Å². The van der Waals surface area contributed by atoms with E-state index in [1.807, 2.05) is 0 Å². The van der Waals surface area contributed by atoms with Crippen LogP contribution in [0.5, 0.6) is 0 Å². The van der Waals surface area contributed by atoms with Gasteiger partial charge in [0.25, 0.3) is 0 Å². The van der Waals surface area contributed by atoms with E-state index in [1.54, 1.807) is 0 Å². The summed E-state index contributed by atoms with van der Waals surface area (Å²) in [6.45, 7) is 0. The molecule has 5 nitrogen and oxygen atoms in total. The average Bonchev–Trinajstić information content (AvgIpc) is 2.57. The van der Waals surface area contributed by atoms with E-state index >= 15 is 0 Å². The number of carbonyl (C=O) groups excluding carboxylic acids is 3. The van der Waals surface area contributed by atoms with Crippen LogP contribution < -0.4 is 11.1 Å². The number of nitrogens with one attached hydrogen (secondary N) is 1. The lowest BCUT2D eigenvalue weighted by molar-refractivity contribution is -0.134. The SMILES string of the molecule is NC1=C(NC(=O)C2CCCCC2)C(=O)C2CCCCC2C1=O. The number of carbonyl (C=O) groups is 3. The molecule has 2 atom stereocenters. The maximum Gasteiger partial charge on any atom is 0.227 e. The third-order valence-corrected chi connectivity index (χ3v) is 5.44. The van der Waals surface area contributed by atoms with Gasteiger partial charge in [0.15, 0.2) is 11.6 Å². The molecule has 0 aromatic carbocycles. The van der Waals surface area contributed by atoms with Crippen LogP contribution in [0.2, 0.25) is 0 Å². The Bertz CT molecular complexity index is 532. The molecule has 2 unspecified atom stereocenters. The maximum atomic E-state index is 12.6. The number of ketones is 2. The van der Waals surface area contributed by atoms with E-state index in [0.717, 1.165) is 57.8 Å². The Hall–Kier alpha value is -1.65. The molecule has 0 heterocycles. The van der Waals surface area contributed by atoms with Crippen molar-refractivity contribution in [1.82, 2.24) is 5.32 Å². The highest BCUT2D eigenvalue weighted by molar-refractivity contribution is 6.14. The standard InChI is InChI=1S/C17H24N2O3/c18-13-14(19-17(22)10-6-2-1-3-7-10)16(21)12-9-5-4-8-11(12)15(13)20/h10-12H,1-9,18H2,(H,19,22). The third kappa shape index (κ3) is 2.69. The van der Waals surface area contributed by atoms with E-state index in [9.17, 15) is 14.4 Å². The van der Waals surface area contributed by atoms with Crippen LogP contribution in [0.15, 0.2) is 11.4 Å². The largest absolute Gasteiger partial charge is 0.394 e. The van der Waals surface area contributed by atoms with Crippen molar-refractivity contribution in [2.24, 2.45) is 23.5 Å². The van der Waals surface area contributed by atoms with Gasteiger partial charge in [0.05, 0.1) is 0 Å². The first-order valence-electron chi connectivity index (χ1n) is 8.48. The van der Waals surface area contributed by atoms with Crippen LogP contribution in [0, 0.1) is 17.8 Å². The summed E-state index contributed by atoms with van der Waals surface area (Å²) < 4.78 is 0. The summed E-state index contributed by atoms with van der Waals surface area (Å²) in [5, 5.41) is 2.70. The molecule has 3 aliphatic carbocycles. The van der Waals surface area contributed by atoms with Crippen molar-refractivity contribution in [2.45, 2.75) is 57.8 Å². The number of amides is 1. The molecule has 0 spiro atoms. The fraction of sp³-hybridized carbons (Fsp3) is 0.706. The average molecular weight is 304 g/mol. The Morgan fingerprint density at radius 2 is 1.41 bits per heavy atom. The first-order chi connectivity index (χ1) is 10.6. The van der Waals surface area contributed by atoms with Gasteiger partial charge in [0.2, 0.25) is 5.91 Å². The molecule has 120 valence electrons. The number of rotatable bonds is 2.